The van der Waals surface area contributed by atoms with Gasteiger partial charge in [-0.1, -0.05) is 6.92 Å². The van der Waals surface area contributed by atoms with Crippen molar-refractivity contribution in [2.75, 3.05) is 5.73 Å². The van der Waals surface area contributed by atoms with Gasteiger partial charge < -0.3 is 10.2 Å². The number of hydrogen-bond donors (Lipinski definition) is 1. The second-order valence-electron chi connectivity index (χ2n) is 3.35. The van der Waals surface area contributed by atoms with Crippen LogP contribution in [0.4, 0.5) is 5.95 Å². The molecule has 0 aliphatic rings. The zero-order valence-corrected chi connectivity index (χ0v) is 8.82. The molecule has 4 heteroatoms. The lowest BCUT2D eigenvalue weighted by Crippen LogP contribution is -2.00. The van der Waals surface area contributed by atoms with Gasteiger partial charge in [0.05, 0.1) is 12.0 Å². The predicted molar refractivity (Wildman–Crippen MR) is 58.3 cm³/mol. The molecule has 0 atom stereocenters. The molecule has 78 valence electrons. The van der Waals surface area contributed by atoms with Crippen LogP contribution >= 0.6 is 0 Å². The SMILES string of the molecule is CCc1cc(-c2ccoc2C)nc(N)n1. The molecule has 0 fully saturated rings. The summed E-state index contributed by atoms with van der Waals surface area (Å²) in [6.45, 7) is 3.94. The van der Waals surface area contributed by atoms with Gasteiger partial charge in [0, 0.05) is 11.3 Å². The van der Waals surface area contributed by atoms with E-state index in [1.165, 1.54) is 0 Å². The highest BCUT2D eigenvalue weighted by atomic mass is 16.3. The molecule has 0 aromatic carbocycles. The summed E-state index contributed by atoms with van der Waals surface area (Å²) in [5.74, 6) is 1.15. The first-order valence-corrected chi connectivity index (χ1v) is 4.88. The molecular formula is C11H13N3O. The number of anilines is 1. The van der Waals surface area contributed by atoms with Crippen molar-refractivity contribution in [1.82, 2.24) is 9.97 Å². The fourth-order valence-corrected chi connectivity index (χ4v) is 1.49. The molecule has 0 radical (unpaired) electrons. The smallest absolute Gasteiger partial charge is 0.220 e. The normalized spacial score (nSPS) is 10.5. The van der Waals surface area contributed by atoms with Crippen molar-refractivity contribution in [1.29, 1.82) is 0 Å². The summed E-state index contributed by atoms with van der Waals surface area (Å²) in [5, 5.41) is 0. The number of nitrogen functional groups attached to an aromatic ring is 1. The largest absolute Gasteiger partial charge is 0.469 e. The minimum atomic E-state index is 0.310. The average Bonchev–Trinajstić information content (AvgIpc) is 2.63. The van der Waals surface area contributed by atoms with Gasteiger partial charge in [-0.2, -0.15) is 0 Å². The van der Waals surface area contributed by atoms with Gasteiger partial charge in [-0.3, -0.25) is 0 Å². The number of furan rings is 1. The Bertz CT molecular complexity index is 476. The fraction of sp³-hybridized carbons (Fsp3) is 0.273. The highest BCUT2D eigenvalue weighted by Gasteiger charge is 2.08. The molecule has 2 N–H and O–H groups in total. The molecule has 2 aromatic rings. The zero-order chi connectivity index (χ0) is 10.8. The summed E-state index contributed by atoms with van der Waals surface area (Å²) in [5.41, 5.74) is 8.38. The van der Waals surface area contributed by atoms with Crippen LogP contribution in [0.1, 0.15) is 18.4 Å². The molecule has 2 heterocycles. The lowest BCUT2D eigenvalue weighted by Gasteiger charge is -2.02. The van der Waals surface area contributed by atoms with Crippen molar-refractivity contribution in [3.05, 3.63) is 29.9 Å². The van der Waals surface area contributed by atoms with Crippen molar-refractivity contribution in [2.45, 2.75) is 20.3 Å². The first kappa shape index (κ1) is 9.71. The van der Waals surface area contributed by atoms with Crippen LogP contribution in [0.2, 0.25) is 0 Å². The molecule has 15 heavy (non-hydrogen) atoms. The van der Waals surface area contributed by atoms with Gasteiger partial charge in [0.2, 0.25) is 5.95 Å². The molecule has 0 bridgehead atoms. The van der Waals surface area contributed by atoms with Gasteiger partial charge in [-0.05, 0) is 25.5 Å². The Hall–Kier alpha value is -1.84. The zero-order valence-electron chi connectivity index (χ0n) is 8.82. The number of nitrogens with two attached hydrogens (primary N) is 1. The maximum absolute atomic E-state index is 5.64. The van der Waals surface area contributed by atoms with E-state index in [-0.39, 0.29) is 0 Å². The van der Waals surface area contributed by atoms with Gasteiger partial charge in [0.25, 0.3) is 0 Å². The molecular weight excluding hydrogens is 190 g/mol. The van der Waals surface area contributed by atoms with Crippen LogP contribution in [0.25, 0.3) is 11.3 Å². The third-order valence-electron chi connectivity index (χ3n) is 2.29. The number of nitrogens with zero attached hydrogens (tertiary/aromatic N) is 2. The Labute approximate surface area is 88.2 Å². The number of hydrogen-bond acceptors (Lipinski definition) is 4. The molecule has 2 rings (SSSR count). The summed E-state index contributed by atoms with van der Waals surface area (Å²) in [6.07, 6.45) is 2.49. The van der Waals surface area contributed by atoms with E-state index in [4.69, 9.17) is 10.2 Å². The molecule has 0 spiro atoms. The van der Waals surface area contributed by atoms with Crippen molar-refractivity contribution in [2.24, 2.45) is 0 Å². The van der Waals surface area contributed by atoms with Crippen LogP contribution < -0.4 is 5.73 Å². The standard InChI is InChI=1S/C11H13N3O/c1-3-8-6-10(14-11(12)13-8)9-4-5-15-7(9)2/h4-6H,3H2,1-2H3,(H2,12,13,14). The van der Waals surface area contributed by atoms with Crippen molar-refractivity contribution in [3.8, 4) is 11.3 Å². The van der Waals surface area contributed by atoms with Gasteiger partial charge in [0.1, 0.15) is 5.76 Å². The van der Waals surface area contributed by atoms with E-state index >= 15 is 0 Å². The topological polar surface area (TPSA) is 64.9 Å². The van der Waals surface area contributed by atoms with Gasteiger partial charge in [-0.25, -0.2) is 9.97 Å². The monoisotopic (exact) mass is 203 g/mol. The van der Waals surface area contributed by atoms with Crippen LogP contribution in [0.3, 0.4) is 0 Å². The molecule has 4 nitrogen and oxygen atoms in total. The van der Waals surface area contributed by atoms with E-state index in [1.807, 2.05) is 26.0 Å². The maximum Gasteiger partial charge on any atom is 0.220 e. The van der Waals surface area contributed by atoms with Crippen LogP contribution in [-0.2, 0) is 6.42 Å². The first-order chi connectivity index (χ1) is 7.20. The quantitative estimate of drug-likeness (QED) is 0.812. The highest BCUT2D eigenvalue weighted by molar-refractivity contribution is 5.62. The lowest BCUT2D eigenvalue weighted by atomic mass is 10.1. The van der Waals surface area contributed by atoms with Crippen molar-refractivity contribution >= 4 is 5.95 Å². The van der Waals surface area contributed by atoms with E-state index in [9.17, 15) is 0 Å². The number of aromatic nitrogens is 2. The van der Waals surface area contributed by atoms with E-state index in [0.29, 0.717) is 5.95 Å². The molecule has 0 saturated carbocycles. The molecule has 0 aliphatic carbocycles. The average molecular weight is 203 g/mol. The minimum Gasteiger partial charge on any atom is -0.469 e. The Morgan fingerprint density at radius 2 is 2.20 bits per heavy atom. The van der Waals surface area contributed by atoms with Gasteiger partial charge in [-0.15, -0.1) is 0 Å². The highest BCUT2D eigenvalue weighted by Crippen LogP contribution is 2.23. The fourth-order valence-electron chi connectivity index (χ4n) is 1.49. The van der Waals surface area contributed by atoms with E-state index in [0.717, 1.165) is 29.1 Å². The first-order valence-electron chi connectivity index (χ1n) is 4.88. The second kappa shape index (κ2) is 3.73. The number of aryl methyl sites for hydroxylation is 2. The Balaban J connectivity index is 2.53. The Kier molecular flexibility index (Phi) is 2.41. The van der Waals surface area contributed by atoms with Crippen LogP contribution in [-0.4, -0.2) is 9.97 Å². The van der Waals surface area contributed by atoms with E-state index in [1.54, 1.807) is 6.26 Å². The predicted octanol–water partition coefficient (Wildman–Crippen LogP) is 2.19. The molecule has 0 aliphatic heterocycles. The third-order valence-corrected chi connectivity index (χ3v) is 2.29. The summed E-state index contributed by atoms with van der Waals surface area (Å²) in [6, 6.07) is 3.82. The van der Waals surface area contributed by atoms with Gasteiger partial charge >= 0.3 is 0 Å². The van der Waals surface area contributed by atoms with E-state index in [2.05, 4.69) is 9.97 Å². The third kappa shape index (κ3) is 1.83. The van der Waals surface area contributed by atoms with Gasteiger partial charge in [0.15, 0.2) is 0 Å². The summed E-state index contributed by atoms with van der Waals surface area (Å²) in [7, 11) is 0. The summed E-state index contributed by atoms with van der Waals surface area (Å²) < 4.78 is 5.23. The number of rotatable bonds is 2. The Morgan fingerprint density at radius 1 is 1.40 bits per heavy atom. The maximum atomic E-state index is 5.64. The molecule has 2 aromatic heterocycles. The second-order valence-corrected chi connectivity index (χ2v) is 3.35. The van der Waals surface area contributed by atoms with Crippen LogP contribution in [0.15, 0.2) is 22.8 Å². The van der Waals surface area contributed by atoms with Crippen molar-refractivity contribution in [3.63, 3.8) is 0 Å². The van der Waals surface area contributed by atoms with Crippen LogP contribution in [0.5, 0.6) is 0 Å². The minimum absolute atomic E-state index is 0.310. The molecule has 0 saturated heterocycles. The summed E-state index contributed by atoms with van der Waals surface area (Å²) in [4.78, 5) is 8.32. The van der Waals surface area contributed by atoms with E-state index < -0.39 is 0 Å². The summed E-state index contributed by atoms with van der Waals surface area (Å²) >= 11 is 0. The Morgan fingerprint density at radius 3 is 2.80 bits per heavy atom. The molecule has 0 amide bonds. The lowest BCUT2D eigenvalue weighted by molar-refractivity contribution is 0.535. The molecule has 0 unspecified atom stereocenters. The van der Waals surface area contributed by atoms with Crippen LogP contribution in [0, 0.1) is 6.92 Å². The van der Waals surface area contributed by atoms with Crippen molar-refractivity contribution < 1.29 is 4.42 Å².